The van der Waals surface area contributed by atoms with Crippen LogP contribution in [0.25, 0.3) is 0 Å². The number of nitrogens with one attached hydrogen (secondary N) is 1. The molecule has 0 radical (unpaired) electrons. The fourth-order valence-corrected chi connectivity index (χ4v) is 4.54. The highest BCUT2D eigenvalue weighted by Gasteiger charge is 2.28. The second-order valence-electron chi connectivity index (χ2n) is 5.62. The number of benzene rings is 2. The van der Waals surface area contributed by atoms with Crippen molar-refractivity contribution in [3.8, 4) is 0 Å². The molecule has 2 aromatic carbocycles. The molecule has 1 aliphatic heterocycles. The van der Waals surface area contributed by atoms with Crippen LogP contribution in [0.2, 0.25) is 10.0 Å². The van der Waals surface area contributed by atoms with Gasteiger partial charge < -0.3 is 10.1 Å². The molecule has 0 aliphatic carbocycles. The van der Waals surface area contributed by atoms with E-state index >= 15 is 0 Å². The van der Waals surface area contributed by atoms with Crippen LogP contribution in [0.15, 0.2) is 47.4 Å². The Kier molecular flexibility index (Phi) is 5.84. The number of anilines is 1. The molecular formula is C17H16Cl2N2O4S. The number of amides is 1. The lowest BCUT2D eigenvalue weighted by Gasteiger charge is -2.26. The van der Waals surface area contributed by atoms with Gasteiger partial charge in [0.2, 0.25) is 10.0 Å². The Morgan fingerprint density at radius 2 is 1.69 bits per heavy atom. The first-order valence-electron chi connectivity index (χ1n) is 7.82. The molecule has 1 saturated heterocycles. The number of hydrogen-bond donors (Lipinski definition) is 1. The van der Waals surface area contributed by atoms with Crippen LogP contribution in [0.5, 0.6) is 0 Å². The van der Waals surface area contributed by atoms with Gasteiger partial charge in [-0.25, -0.2) is 8.42 Å². The summed E-state index contributed by atoms with van der Waals surface area (Å²) in [7, 11) is -3.77. The van der Waals surface area contributed by atoms with Gasteiger partial charge in [-0.2, -0.15) is 4.31 Å². The van der Waals surface area contributed by atoms with Gasteiger partial charge in [-0.15, -0.1) is 0 Å². The van der Waals surface area contributed by atoms with Crippen molar-refractivity contribution in [2.75, 3.05) is 31.6 Å². The standard InChI is InChI=1S/C17H16Cl2N2O4S/c18-13-3-1-12(2-4-13)17(22)20-14-5-6-15(19)16(11-14)26(23,24)21-7-9-25-10-8-21/h1-6,11H,7-10H2,(H,20,22). The van der Waals surface area contributed by atoms with E-state index in [2.05, 4.69) is 5.32 Å². The van der Waals surface area contributed by atoms with Gasteiger partial charge in [0.25, 0.3) is 5.91 Å². The normalized spacial score (nSPS) is 15.6. The third kappa shape index (κ3) is 4.19. The maximum absolute atomic E-state index is 12.8. The van der Waals surface area contributed by atoms with Crippen molar-refractivity contribution in [2.24, 2.45) is 0 Å². The molecule has 1 heterocycles. The molecule has 6 nitrogen and oxygen atoms in total. The number of halogens is 2. The summed E-state index contributed by atoms with van der Waals surface area (Å²) in [6, 6.07) is 10.7. The molecule has 0 unspecified atom stereocenters. The molecule has 1 amide bonds. The van der Waals surface area contributed by atoms with Gasteiger partial charge >= 0.3 is 0 Å². The highest BCUT2D eigenvalue weighted by Crippen LogP contribution is 2.28. The maximum Gasteiger partial charge on any atom is 0.255 e. The lowest BCUT2D eigenvalue weighted by Crippen LogP contribution is -2.40. The van der Waals surface area contributed by atoms with E-state index in [9.17, 15) is 13.2 Å². The van der Waals surface area contributed by atoms with Crippen LogP contribution in [-0.2, 0) is 14.8 Å². The summed E-state index contributed by atoms with van der Waals surface area (Å²) in [4.78, 5) is 12.3. The lowest BCUT2D eigenvalue weighted by atomic mass is 10.2. The minimum Gasteiger partial charge on any atom is -0.379 e. The van der Waals surface area contributed by atoms with E-state index < -0.39 is 10.0 Å². The van der Waals surface area contributed by atoms with Crippen molar-refractivity contribution in [3.05, 3.63) is 58.1 Å². The van der Waals surface area contributed by atoms with E-state index in [-0.39, 0.29) is 28.9 Å². The Hall–Kier alpha value is -1.64. The van der Waals surface area contributed by atoms with Crippen molar-refractivity contribution in [2.45, 2.75) is 4.90 Å². The van der Waals surface area contributed by atoms with Gasteiger partial charge in [0, 0.05) is 29.4 Å². The molecule has 26 heavy (non-hydrogen) atoms. The Labute approximate surface area is 161 Å². The third-order valence-corrected chi connectivity index (χ3v) is 6.52. The van der Waals surface area contributed by atoms with E-state index in [1.165, 1.54) is 16.4 Å². The van der Waals surface area contributed by atoms with Crippen LogP contribution in [-0.4, -0.2) is 44.9 Å². The maximum atomic E-state index is 12.8. The fourth-order valence-electron chi connectivity index (χ4n) is 2.51. The van der Waals surface area contributed by atoms with E-state index in [0.717, 1.165) is 0 Å². The van der Waals surface area contributed by atoms with Crippen LogP contribution in [0, 0.1) is 0 Å². The van der Waals surface area contributed by atoms with Gasteiger partial charge in [0.05, 0.1) is 18.2 Å². The molecule has 3 rings (SSSR count). The highest BCUT2D eigenvalue weighted by atomic mass is 35.5. The summed E-state index contributed by atoms with van der Waals surface area (Å²) in [6.07, 6.45) is 0. The number of ether oxygens (including phenoxy) is 1. The number of carbonyl (C=O) groups excluding carboxylic acids is 1. The van der Waals surface area contributed by atoms with E-state index in [1.54, 1.807) is 30.3 Å². The topological polar surface area (TPSA) is 75.7 Å². The van der Waals surface area contributed by atoms with Crippen LogP contribution < -0.4 is 5.32 Å². The minimum atomic E-state index is -3.77. The molecule has 1 N–H and O–H groups in total. The van der Waals surface area contributed by atoms with E-state index in [4.69, 9.17) is 27.9 Å². The minimum absolute atomic E-state index is 0.0463. The van der Waals surface area contributed by atoms with Gasteiger partial charge in [-0.05, 0) is 42.5 Å². The van der Waals surface area contributed by atoms with Crippen molar-refractivity contribution in [3.63, 3.8) is 0 Å². The zero-order valence-electron chi connectivity index (χ0n) is 13.6. The largest absolute Gasteiger partial charge is 0.379 e. The zero-order chi connectivity index (χ0) is 18.7. The summed E-state index contributed by atoms with van der Waals surface area (Å²) >= 11 is 11.9. The molecule has 138 valence electrons. The van der Waals surface area contributed by atoms with Crippen LogP contribution in [0.4, 0.5) is 5.69 Å². The number of sulfonamides is 1. The Morgan fingerprint density at radius 3 is 2.35 bits per heavy atom. The number of rotatable bonds is 4. The van der Waals surface area contributed by atoms with Crippen LogP contribution in [0.1, 0.15) is 10.4 Å². The van der Waals surface area contributed by atoms with E-state index in [0.29, 0.717) is 29.5 Å². The van der Waals surface area contributed by atoms with Crippen molar-refractivity contribution in [1.29, 1.82) is 0 Å². The third-order valence-electron chi connectivity index (χ3n) is 3.88. The first-order chi connectivity index (χ1) is 12.4. The van der Waals surface area contributed by atoms with Gasteiger partial charge in [-0.3, -0.25) is 4.79 Å². The molecule has 2 aromatic rings. The highest BCUT2D eigenvalue weighted by molar-refractivity contribution is 7.89. The second kappa shape index (κ2) is 7.94. The fraction of sp³-hybridized carbons (Fsp3) is 0.235. The van der Waals surface area contributed by atoms with Gasteiger partial charge in [0.1, 0.15) is 4.90 Å². The monoisotopic (exact) mass is 414 g/mol. The quantitative estimate of drug-likeness (QED) is 0.832. The van der Waals surface area contributed by atoms with Crippen molar-refractivity contribution in [1.82, 2.24) is 4.31 Å². The SMILES string of the molecule is O=C(Nc1ccc(Cl)c(S(=O)(=O)N2CCOCC2)c1)c1ccc(Cl)cc1. The number of hydrogen-bond acceptors (Lipinski definition) is 4. The Balaban J connectivity index is 1.85. The molecule has 9 heteroatoms. The molecule has 0 bridgehead atoms. The predicted molar refractivity (Wildman–Crippen MR) is 100 cm³/mol. The smallest absolute Gasteiger partial charge is 0.255 e. The summed E-state index contributed by atoms with van der Waals surface area (Å²) < 4.78 is 32.1. The van der Waals surface area contributed by atoms with Gasteiger partial charge in [-0.1, -0.05) is 23.2 Å². The predicted octanol–water partition coefficient (Wildman–Crippen LogP) is 3.27. The zero-order valence-corrected chi connectivity index (χ0v) is 15.9. The first-order valence-corrected chi connectivity index (χ1v) is 10.0. The summed E-state index contributed by atoms with van der Waals surface area (Å²) in [6.45, 7) is 1.20. The average molecular weight is 415 g/mol. The van der Waals surface area contributed by atoms with E-state index in [1.807, 2.05) is 0 Å². The molecule has 0 aromatic heterocycles. The Morgan fingerprint density at radius 1 is 1.04 bits per heavy atom. The molecule has 0 spiro atoms. The summed E-state index contributed by atoms with van der Waals surface area (Å²) in [5.74, 6) is -0.376. The number of morpholine rings is 1. The lowest BCUT2D eigenvalue weighted by molar-refractivity contribution is 0.0730. The molecule has 0 atom stereocenters. The molecular weight excluding hydrogens is 399 g/mol. The molecule has 1 fully saturated rings. The average Bonchev–Trinajstić information content (AvgIpc) is 2.64. The Bertz CT molecular complexity index is 911. The second-order valence-corrected chi connectivity index (χ2v) is 8.37. The number of nitrogens with zero attached hydrogens (tertiary/aromatic N) is 1. The molecule has 1 aliphatic rings. The molecule has 0 saturated carbocycles. The van der Waals surface area contributed by atoms with Crippen LogP contribution in [0.3, 0.4) is 0 Å². The summed E-state index contributed by atoms with van der Waals surface area (Å²) in [5.41, 5.74) is 0.739. The van der Waals surface area contributed by atoms with Crippen LogP contribution >= 0.6 is 23.2 Å². The summed E-state index contributed by atoms with van der Waals surface area (Å²) in [5, 5.41) is 3.29. The first kappa shape index (κ1) is 19.1. The van der Waals surface area contributed by atoms with Gasteiger partial charge in [0.15, 0.2) is 0 Å². The van der Waals surface area contributed by atoms with Crippen molar-refractivity contribution < 1.29 is 17.9 Å². The van der Waals surface area contributed by atoms with Crippen molar-refractivity contribution >= 4 is 44.8 Å². The number of carbonyl (C=O) groups is 1.